The summed E-state index contributed by atoms with van der Waals surface area (Å²) in [4.78, 5) is 29.5. The quantitative estimate of drug-likeness (QED) is 0.299. The third-order valence-electron chi connectivity index (χ3n) is 8.75. The fraction of sp³-hybridized carbons (Fsp3) is 0.324. The van der Waals surface area contributed by atoms with Crippen LogP contribution in [-0.2, 0) is 21.4 Å². The number of sulfonamides is 1. The Labute approximate surface area is 262 Å². The fourth-order valence-corrected chi connectivity index (χ4v) is 7.45. The lowest BCUT2D eigenvalue weighted by atomic mass is 9.90. The van der Waals surface area contributed by atoms with E-state index in [9.17, 15) is 22.4 Å². The van der Waals surface area contributed by atoms with Gasteiger partial charge in [0.1, 0.15) is 5.82 Å². The summed E-state index contributed by atoms with van der Waals surface area (Å²) in [6.07, 6.45) is 4.18. The number of carbonyl (C=O) groups is 2. The van der Waals surface area contributed by atoms with E-state index in [-0.39, 0.29) is 22.5 Å². The van der Waals surface area contributed by atoms with Gasteiger partial charge in [0.05, 0.1) is 28.0 Å². The zero-order valence-corrected chi connectivity index (χ0v) is 25.9. The van der Waals surface area contributed by atoms with Crippen LogP contribution in [0.2, 0.25) is 0 Å². The third-order valence-corrected chi connectivity index (χ3v) is 10.2. The lowest BCUT2D eigenvalue weighted by Gasteiger charge is -2.33. The van der Waals surface area contributed by atoms with E-state index in [0.29, 0.717) is 36.8 Å². The van der Waals surface area contributed by atoms with E-state index in [0.717, 1.165) is 50.5 Å². The molecule has 234 valence electrons. The molecule has 2 fully saturated rings. The molecule has 2 amide bonds. The maximum atomic E-state index is 14.0. The number of amides is 2. The lowest BCUT2D eigenvalue weighted by Crippen LogP contribution is -2.34. The highest BCUT2D eigenvalue weighted by atomic mass is 32.2. The average molecular weight is 630 g/mol. The molecule has 0 unspecified atom stereocenters. The number of halogens is 1. The van der Waals surface area contributed by atoms with Crippen molar-refractivity contribution in [2.75, 3.05) is 26.2 Å². The Bertz CT molecular complexity index is 1770. The summed E-state index contributed by atoms with van der Waals surface area (Å²) in [6, 6.07) is 23.0. The van der Waals surface area contributed by atoms with Crippen LogP contribution in [0.15, 0.2) is 90.0 Å². The number of carbonyl (C=O) groups excluding carboxylic acids is 2. The molecular weight excluding hydrogens is 593 g/mol. The van der Waals surface area contributed by atoms with E-state index in [1.54, 1.807) is 35.1 Å². The van der Waals surface area contributed by atoms with Gasteiger partial charge in [-0.3, -0.25) is 14.5 Å². The van der Waals surface area contributed by atoms with Crippen molar-refractivity contribution >= 4 is 21.8 Å². The molecule has 9 nitrogen and oxygen atoms in total. The molecule has 4 aromatic rings. The van der Waals surface area contributed by atoms with Gasteiger partial charge in [-0.1, -0.05) is 42.5 Å². The number of piperidine rings is 1. The van der Waals surface area contributed by atoms with Gasteiger partial charge in [0, 0.05) is 38.4 Å². The molecule has 0 spiro atoms. The van der Waals surface area contributed by atoms with Crippen molar-refractivity contribution in [3.8, 4) is 5.69 Å². The van der Waals surface area contributed by atoms with E-state index < -0.39 is 15.9 Å². The second kappa shape index (κ2) is 12.9. The number of hydrogen-bond donors (Lipinski definition) is 1. The molecule has 1 N–H and O–H groups in total. The van der Waals surface area contributed by atoms with Crippen molar-refractivity contribution in [1.29, 1.82) is 0 Å². The van der Waals surface area contributed by atoms with E-state index in [1.165, 1.54) is 29.8 Å². The van der Waals surface area contributed by atoms with Gasteiger partial charge >= 0.3 is 0 Å². The largest absolute Gasteiger partial charge is 0.338 e. The van der Waals surface area contributed by atoms with Crippen LogP contribution in [-0.4, -0.2) is 66.0 Å². The maximum absolute atomic E-state index is 14.0. The summed E-state index contributed by atoms with van der Waals surface area (Å²) < 4.78 is 42.1. The van der Waals surface area contributed by atoms with Crippen LogP contribution in [0.3, 0.4) is 0 Å². The topological polar surface area (TPSA) is 105 Å². The first-order valence-electron chi connectivity index (χ1n) is 15.2. The predicted molar refractivity (Wildman–Crippen MR) is 168 cm³/mol. The number of likely N-dealkylation sites (tertiary alicyclic amines) is 2. The zero-order chi connectivity index (χ0) is 31.6. The van der Waals surface area contributed by atoms with E-state index in [2.05, 4.69) is 22.1 Å². The first-order valence-corrected chi connectivity index (χ1v) is 16.7. The summed E-state index contributed by atoms with van der Waals surface area (Å²) in [7, 11) is -3.88. The second-order valence-corrected chi connectivity index (χ2v) is 13.5. The summed E-state index contributed by atoms with van der Waals surface area (Å²) in [5, 5.41) is 4.65. The van der Waals surface area contributed by atoms with Gasteiger partial charge in [0.25, 0.3) is 15.9 Å². The molecule has 3 heterocycles. The Morgan fingerprint density at radius 2 is 1.56 bits per heavy atom. The van der Waals surface area contributed by atoms with Crippen LogP contribution in [0.4, 0.5) is 4.39 Å². The SMILES string of the molecule is CC(=O)NS(=O)(=O)c1ccc(CN2CCC(c3c(C(=O)N4CC[C@H](c5ccccc5)C4)cnn3-c3ccc(F)cc3)CC2)cc1. The summed E-state index contributed by atoms with van der Waals surface area (Å²) >= 11 is 0. The molecule has 0 bridgehead atoms. The number of aromatic nitrogens is 2. The van der Waals surface area contributed by atoms with Crippen molar-refractivity contribution < 1.29 is 22.4 Å². The Hall–Kier alpha value is -4.35. The van der Waals surface area contributed by atoms with E-state index in [1.807, 2.05) is 27.8 Å². The molecule has 1 atom stereocenters. The van der Waals surface area contributed by atoms with Gasteiger partial charge in [-0.15, -0.1) is 0 Å². The molecule has 2 saturated heterocycles. The minimum Gasteiger partial charge on any atom is -0.338 e. The van der Waals surface area contributed by atoms with Gasteiger partial charge in [0.15, 0.2) is 0 Å². The third kappa shape index (κ3) is 6.84. The molecular formula is C34H36FN5O4S. The van der Waals surface area contributed by atoms with Crippen LogP contribution in [0.25, 0.3) is 5.69 Å². The molecule has 2 aliphatic heterocycles. The van der Waals surface area contributed by atoms with Crippen LogP contribution in [0.5, 0.6) is 0 Å². The summed E-state index contributed by atoms with van der Waals surface area (Å²) in [6.45, 7) is 4.70. The molecule has 0 aliphatic carbocycles. The number of nitrogens with zero attached hydrogens (tertiary/aromatic N) is 4. The number of nitrogens with one attached hydrogen (secondary N) is 1. The van der Waals surface area contributed by atoms with Crippen LogP contribution >= 0.6 is 0 Å². The maximum Gasteiger partial charge on any atom is 0.264 e. The summed E-state index contributed by atoms with van der Waals surface area (Å²) in [5.41, 5.74) is 4.38. The Kier molecular flexibility index (Phi) is 8.82. The Morgan fingerprint density at radius 3 is 2.22 bits per heavy atom. The molecule has 6 rings (SSSR count). The molecule has 11 heteroatoms. The highest BCUT2D eigenvalue weighted by Crippen LogP contribution is 2.35. The summed E-state index contributed by atoms with van der Waals surface area (Å²) in [5.74, 6) is -0.612. The van der Waals surface area contributed by atoms with Crippen molar-refractivity contribution in [3.05, 3.63) is 113 Å². The standard InChI is InChI=1S/C34H36FN5O4S/c1-24(41)37-45(43,44)31-13-7-25(8-14-31)22-38-18-15-27(16-19-38)33-32(21-36-40(33)30-11-9-29(35)10-12-30)34(42)39-20-17-28(23-39)26-5-3-2-4-6-26/h2-14,21,27-28H,15-20,22-23H2,1H3,(H,37,41)/t28-/m0/s1. The molecule has 0 radical (unpaired) electrons. The second-order valence-electron chi connectivity index (χ2n) is 11.8. The number of benzene rings is 3. The van der Waals surface area contributed by atoms with Crippen molar-refractivity contribution in [2.24, 2.45) is 0 Å². The predicted octanol–water partition coefficient (Wildman–Crippen LogP) is 4.85. The monoisotopic (exact) mass is 629 g/mol. The molecule has 2 aliphatic rings. The van der Waals surface area contributed by atoms with Gasteiger partial charge in [-0.05, 0) is 79.9 Å². The van der Waals surface area contributed by atoms with Crippen LogP contribution < -0.4 is 4.72 Å². The highest BCUT2D eigenvalue weighted by Gasteiger charge is 2.34. The van der Waals surface area contributed by atoms with Gasteiger partial charge in [-0.2, -0.15) is 5.10 Å². The van der Waals surface area contributed by atoms with Gasteiger partial charge < -0.3 is 4.90 Å². The van der Waals surface area contributed by atoms with Crippen molar-refractivity contribution in [3.63, 3.8) is 0 Å². The highest BCUT2D eigenvalue weighted by molar-refractivity contribution is 7.90. The Balaban J connectivity index is 1.18. The minimum atomic E-state index is -3.88. The van der Waals surface area contributed by atoms with Crippen LogP contribution in [0, 0.1) is 5.82 Å². The number of rotatable bonds is 8. The molecule has 3 aromatic carbocycles. The molecule has 0 saturated carbocycles. The first-order chi connectivity index (χ1) is 21.7. The van der Waals surface area contributed by atoms with Crippen molar-refractivity contribution in [1.82, 2.24) is 24.3 Å². The normalized spacial score (nSPS) is 17.8. The average Bonchev–Trinajstić information content (AvgIpc) is 3.70. The number of hydrogen-bond acceptors (Lipinski definition) is 6. The lowest BCUT2D eigenvalue weighted by molar-refractivity contribution is -0.117. The van der Waals surface area contributed by atoms with E-state index >= 15 is 0 Å². The fourth-order valence-electron chi connectivity index (χ4n) is 6.46. The Morgan fingerprint density at radius 1 is 0.889 bits per heavy atom. The zero-order valence-electron chi connectivity index (χ0n) is 25.1. The smallest absolute Gasteiger partial charge is 0.264 e. The molecule has 1 aromatic heterocycles. The molecule has 45 heavy (non-hydrogen) atoms. The first kappa shape index (κ1) is 30.7. The van der Waals surface area contributed by atoms with Crippen molar-refractivity contribution in [2.45, 2.75) is 49.5 Å². The van der Waals surface area contributed by atoms with E-state index in [4.69, 9.17) is 0 Å². The minimum absolute atomic E-state index is 0.0199. The van der Waals surface area contributed by atoms with Gasteiger partial charge in [0.2, 0.25) is 5.91 Å². The van der Waals surface area contributed by atoms with Gasteiger partial charge in [-0.25, -0.2) is 22.2 Å². The van der Waals surface area contributed by atoms with Crippen LogP contribution in [0.1, 0.15) is 65.2 Å².